The third-order valence-corrected chi connectivity index (χ3v) is 7.38. The number of amides is 2. The van der Waals surface area contributed by atoms with E-state index in [9.17, 15) is 24.9 Å². The molecule has 2 aromatic rings. The van der Waals surface area contributed by atoms with Gasteiger partial charge in [0.05, 0.1) is 24.3 Å². The van der Waals surface area contributed by atoms with Crippen molar-refractivity contribution < 1.29 is 29.6 Å². The highest BCUT2D eigenvalue weighted by molar-refractivity contribution is 5.86. The van der Waals surface area contributed by atoms with Gasteiger partial charge in [0.25, 0.3) is 5.91 Å². The maximum absolute atomic E-state index is 13.3. The smallest absolute Gasteiger partial charge is 0.407 e. The lowest BCUT2D eigenvalue weighted by Gasteiger charge is -2.39. The lowest BCUT2D eigenvalue weighted by atomic mass is 9.74. The molecule has 0 aliphatic carbocycles. The number of nitrogens with one attached hydrogen (secondary N) is 3. The van der Waals surface area contributed by atoms with Gasteiger partial charge in [-0.15, -0.1) is 0 Å². The number of carbonyl (C=O) groups is 2. The number of carbonyl (C=O) groups excluding carboxylic acids is 2. The Labute approximate surface area is 251 Å². The molecule has 6 N–H and O–H groups in total. The van der Waals surface area contributed by atoms with Crippen LogP contribution in [0.1, 0.15) is 66.0 Å². The standard InChI is InChI=1S/C33H51N3O6/c1-8-33(41,31(2,3)4)29(39)35-25(19-23-15-11-9-12-16-23)27(37)21-34-22-28(38)26(20-24-17-13-10-14-18-24)36-30(40)42-32(5,6)7/h9-18,25-28,34,37-38,41H,8,19-22H2,1-7H3,(H,35,39)(H,36,40)/t25-,26-,27+,28+,33?/m0/s1. The number of ether oxygens (including phenoxy) is 1. The molecule has 9 heteroatoms. The first-order valence-electron chi connectivity index (χ1n) is 14.7. The zero-order valence-corrected chi connectivity index (χ0v) is 26.2. The van der Waals surface area contributed by atoms with E-state index in [1.54, 1.807) is 48.5 Å². The number of aliphatic hydroxyl groups excluding tert-OH is 2. The fraction of sp³-hybridized carbons (Fsp3) is 0.576. The first-order chi connectivity index (χ1) is 19.6. The second-order valence-electron chi connectivity index (χ2n) is 13.0. The Morgan fingerprint density at radius 1 is 0.762 bits per heavy atom. The van der Waals surface area contributed by atoms with Gasteiger partial charge in [-0.25, -0.2) is 4.79 Å². The molecule has 9 nitrogen and oxygen atoms in total. The van der Waals surface area contributed by atoms with E-state index >= 15 is 0 Å². The van der Waals surface area contributed by atoms with Gasteiger partial charge in [0.15, 0.2) is 0 Å². The molecular formula is C33H51N3O6. The highest BCUT2D eigenvalue weighted by Gasteiger charge is 2.46. The van der Waals surface area contributed by atoms with Crippen LogP contribution in [0.15, 0.2) is 60.7 Å². The maximum atomic E-state index is 13.3. The van der Waals surface area contributed by atoms with Crippen molar-refractivity contribution in [1.29, 1.82) is 0 Å². The first kappa shape index (κ1) is 35.2. The first-order valence-corrected chi connectivity index (χ1v) is 14.7. The quantitative estimate of drug-likeness (QED) is 0.200. The van der Waals surface area contributed by atoms with Crippen molar-refractivity contribution in [2.75, 3.05) is 13.1 Å². The van der Waals surface area contributed by atoms with Gasteiger partial charge in [-0.05, 0) is 56.6 Å². The van der Waals surface area contributed by atoms with Crippen LogP contribution >= 0.6 is 0 Å². The molecule has 0 saturated heterocycles. The summed E-state index contributed by atoms with van der Waals surface area (Å²) in [6.07, 6.45) is -1.73. The molecule has 0 heterocycles. The van der Waals surface area contributed by atoms with E-state index in [-0.39, 0.29) is 19.5 Å². The molecule has 0 aliphatic heterocycles. The van der Waals surface area contributed by atoms with Gasteiger partial charge in [0.2, 0.25) is 0 Å². The Hall–Kier alpha value is -2.98. The highest BCUT2D eigenvalue weighted by atomic mass is 16.6. The van der Waals surface area contributed by atoms with E-state index in [1.807, 2.05) is 60.7 Å². The molecule has 42 heavy (non-hydrogen) atoms. The number of benzene rings is 2. The molecule has 0 fully saturated rings. The average Bonchev–Trinajstić information content (AvgIpc) is 2.91. The van der Waals surface area contributed by atoms with Crippen molar-refractivity contribution in [3.63, 3.8) is 0 Å². The molecule has 0 aliphatic rings. The Balaban J connectivity index is 2.12. The normalized spacial score (nSPS) is 16.4. The fourth-order valence-electron chi connectivity index (χ4n) is 4.74. The third kappa shape index (κ3) is 11.0. The average molecular weight is 586 g/mol. The lowest BCUT2D eigenvalue weighted by molar-refractivity contribution is -0.154. The van der Waals surface area contributed by atoms with Crippen LogP contribution in [0, 0.1) is 5.41 Å². The zero-order chi connectivity index (χ0) is 31.6. The molecule has 2 rings (SSSR count). The van der Waals surface area contributed by atoms with Gasteiger partial charge in [0.1, 0.15) is 11.2 Å². The summed E-state index contributed by atoms with van der Waals surface area (Å²) in [6.45, 7) is 12.6. The number of alkyl carbamates (subject to hydrolysis) is 1. The summed E-state index contributed by atoms with van der Waals surface area (Å²) in [5, 5.41) is 42.2. The summed E-state index contributed by atoms with van der Waals surface area (Å²) in [7, 11) is 0. The minimum atomic E-state index is -1.62. The van der Waals surface area contributed by atoms with Gasteiger partial charge in [-0.1, -0.05) is 88.4 Å². The summed E-state index contributed by atoms with van der Waals surface area (Å²) in [4.78, 5) is 25.8. The predicted octanol–water partition coefficient (Wildman–Crippen LogP) is 3.35. The van der Waals surface area contributed by atoms with Crippen molar-refractivity contribution in [3.05, 3.63) is 71.8 Å². The lowest BCUT2D eigenvalue weighted by Crippen LogP contribution is -2.60. The van der Waals surface area contributed by atoms with Gasteiger partial charge >= 0.3 is 6.09 Å². The van der Waals surface area contributed by atoms with Gasteiger partial charge < -0.3 is 36.0 Å². The Bertz CT molecular complexity index is 1100. The van der Waals surface area contributed by atoms with Crippen LogP contribution in [0.2, 0.25) is 0 Å². The van der Waals surface area contributed by atoms with Crippen LogP contribution in [0.25, 0.3) is 0 Å². The van der Waals surface area contributed by atoms with Crippen LogP contribution in [-0.4, -0.2) is 75.9 Å². The Morgan fingerprint density at radius 2 is 1.19 bits per heavy atom. The Kier molecular flexibility index (Phi) is 13.0. The summed E-state index contributed by atoms with van der Waals surface area (Å²) >= 11 is 0. The minimum absolute atomic E-state index is 0.0550. The molecule has 1 unspecified atom stereocenters. The fourth-order valence-corrected chi connectivity index (χ4v) is 4.74. The molecule has 234 valence electrons. The minimum Gasteiger partial charge on any atom is -0.444 e. The molecule has 0 bridgehead atoms. The summed E-state index contributed by atoms with van der Waals surface area (Å²) < 4.78 is 5.40. The van der Waals surface area contributed by atoms with E-state index < -0.39 is 52.9 Å². The topological polar surface area (TPSA) is 140 Å². The number of aliphatic hydroxyl groups is 3. The number of hydrogen-bond donors (Lipinski definition) is 6. The monoisotopic (exact) mass is 585 g/mol. The van der Waals surface area contributed by atoms with Crippen LogP contribution in [0.4, 0.5) is 4.79 Å². The van der Waals surface area contributed by atoms with Crippen LogP contribution in [-0.2, 0) is 22.4 Å². The maximum Gasteiger partial charge on any atom is 0.407 e. The third-order valence-electron chi connectivity index (χ3n) is 7.38. The SMILES string of the molecule is CCC(O)(C(=O)N[C@@H](Cc1ccccc1)[C@H](O)CNC[C@@H](O)[C@H](Cc1ccccc1)NC(=O)OC(C)(C)C)C(C)(C)C. The van der Waals surface area contributed by atoms with Crippen molar-refractivity contribution in [1.82, 2.24) is 16.0 Å². The van der Waals surface area contributed by atoms with Gasteiger partial charge in [-0.3, -0.25) is 4.79 Å². The number of rotatable bonds is 14. The van der Waals surface area contributed by atoms with E-state index in [4.69, 9.17) is 4.74 Å². The summed E-state index contributed by atoms with van der Waals surface area (Å²) in [5.41, 5.74) is -1.17. The van der Waals surface area contributed by atoms with E-state index in [0.29, 0.717) is 12.8 Å². The molecule has 5 atom stereocenters. The highest BCUT2D eigenvalue weighted by Crippen LogP contribution is 2.33. The van der Waals surface area contributed by atoms with E-state index in [0.717, 1.165) is 11.1 Å². The zero-order valence-electron chi connectivity index (χ0n) is 26.2. The Morgan fingerprint density at radius 3 is 1.57 bits per heavy atom. The van der Waals surface area contributed by atoms with Gasteiger partial charge in [-0.2, -0.15) is 0 Å². The van der Waals surface area contributed by atoms with Crippen molar-refractivity contribution in [3.8, 4) is 0 Å². The number of hydrogen-bond acceptors (Lipinski definition) is 7. The van der Waals surface area contributed by atoms with Crippen LogP contribution in [0.5, 0.6) is 0 Å². The van der Waals surface area contributed by atoms with Crippen molar-refractivity contribution >= 4 is 12.0 Å². The molecular weight excluding hydrogens is 534 g/mol. The second kappa shape index (κ2) is 15.5. The molecule has 2 amide bonds. The molecule has 2 aromatic carbocycles. The predicted molar refractivity (Wildman–Crippen MR) is 165 cm³/mol. The largest absolute Gasteiger partial charge is 0.444 e. The van der Waals surface area contributed by atoms with E-state index in [1.165, 1.54) is 0 Å². The molecule has 0 radical (unpaired) electrons. The second-order valence-corrected chi connectivity index (χ2v) is 13.0. The van der Waals surface area contributed by atoms with Crippen molar-refractivity contribution in [2.45, 2.75) is 103 Å². The van der Waals surface area contributed by atoms with Crippen molar-refractivity contribution in [2.24, 2.45) is 5.41 Å². The molecule has 0 saturated carbocycles. The molecule has 0 spiro atoms. The van der Waals surface area contributed by atoms with Gasteiger partial charge in [0, 0.05) is 13.1 Å². The summed E-state index contributed by atoms with van der Waals surface area (Å²) in [6, 6.07) is 17.6. The van der Waals surface area contributed by atoms with E-state index in [2.05, 4.69) is 16.0 Å². The summed E-state index contributed by atoms with van der Waals surface area (Å²) in [5.74, 6) is -0.540. The van der Waals surface area contributed by atoms with Crippen LogP contribution < -0.4 is 16.0 Å². The molecule has 0 aromatic heterocycles. The van der Waals surface area contributed by atoms with Crippen LogP contribution in [0.3, 0.4) is 0 Å².